The van der Waals surface area contributed by atoms with Crippen LogP contribution in [0.25, 0.3) is 5.65 Å². The van der Waals surface area contributed by atoms with Gasteiger partial charge in [0, 0.05) is 12.2 Å². The Kier molecular flexibility index (Phi) is 3.56. The number of hydrogen-bond donors (Lipinski definition) is 2. The summed E-state index contributed by atoms with van der Waals surface area (Å²) in [7, 11) is 0. The van der Waals surface area contributed by atoms with E-state index < -0.39 is 0 Å². The number of rotatable bonds is 4. The summed E-state index contributed by atoms with van der Waals surface area (Å²) < 4.78 is 3.39. The SMILES string of the molecule is CC(C)n1c(Sc2nc3ccccn3c2CO)n[nH]c1=O. The smallest absolute Gasteiger partial charge is 0.344 e. The summed E-state index contributed by atoms with van der Waals surface area (Å²) in [5, 5.41) is 17.3. The molecule has 0 aliphatic carbocycles. The number of nitrogens with zero attached hydrogens (tertiary/aromatic N) is 4. The van der Waals surface area contributed by atoms with Crippen LogP contribution in [0.2, 0.25) is 0 Å². The molecule has 0 fully saturated rings. The first-order valence-electron chi connectivity index (χ1n) is 6.53. The average Bonchev–Trinajstić information content (AvgIpc) is 2.99. The van der Waals surface area contributed by atoms with E-state index in [1.165, 1.54) is 11.8 Å². The highest BCUT2D eigenvalue weighted by Gasteiger charge is 2.18. The fourth-order valence-corrected chi connectivity index (χ4v) is 3.23. The molecule has 7 nitrogen and oxygen atoms in total. The normalized spacial score (nSPS) is 11.6. The number of nitrogens with one attached hydrogen (secondary N) is 1. The van der Waals surface area contributed by atoms with E-state index in [1.54, 1.807) is 4.57 Å². The molecule has 0 amide bonds. The van der Waals surface area contributed by atoms with Gasteiger partial charge < -0.3 is 9.51 Å². The summed E-state index contributed by atoms with van der Waals surface area (Å²) in [5.74, 6) is 0. The Morgan fingerprint density at radius 2 is 2.24 bits per heavy atom. The molecule has 0 atom stereocenters. The third-order valence-electron chi connectivity index (χ3n) is 3.12. The van der Waals surface area contributed by atoms with Crippen LogP contribution < -0.4 is 5.69 Å². The van der Waals surface area contributed by atoms with Crippen molar-refractivity contribution in [2.45, 2.75) is 36.7 Å². The molecule has 8 heteroatoms. The van der Waals surface area contributed by atoms with Crippen LogP contribution >= 0.6 is 11.8 Å². The van der Waals surface area contributed by atoms with Gasteiger partial charge >= 0.3 is 5.69 Å². The molecule has 0 radical (unpaired) electrons. The van der Waals surface area contributed by atoms with E-state index in [9.17, 15) is 9.90 Å². The van der Waals surface area contributed by atoms with Crippen LogP contribution in [0.15, 0.2) is 39.4 Å². The summed E-state index contributed by atoms with van der Waals surface area (Å²) in [6, 6.07) is 5.62. The van der Waals surface area contributed by atoms with Gasteiger partial charge in [0.05, 0.1) is 12.3 Å². The zero-order chi connectivity index (χ0) is 15.0. The molecule has 0 aliphatic rings. The molecule has 110 valence electrons. The van der Waals surface area contributed by atoms with Crippen molar-refractivity contribution in [1.29, 1.82) is 0 Å². The molecule has 21 heavy (non-hydrogen) atoms. The standard InChI is InChI=1S/C13H15N5O2S/c1-8(2)18-12(20)15-16-13(18)21-11-9(7-19)17-6-4-3-5-10(17)14-11/h3-6,8,19H,7H2,1-2H3,(H,15,20). The minimum atomic E-state index is -0.248. The second-order valence-electron chi connectivity index (χ2n) is 4.83. The van der Waals surface area contributed by atoms with Crippen molar-refractivity contribution in [3.05, 3.63) is 40.6 Å². The van der Waals surface area contributed by atoms with Gasteiger partial charge in [-0.15, -0.1) is 5.10 Å². The second-order valence-corrected chi connectivity index (χ2v) is 5.78. The number of H-pyrrole nitrogens is 1. The molecule has 0 aromatic carbocycles. The van der Waals surface area contributed by atoms with E-state index in [2.05, 4.69) is 15.2 Å². The first kappa shape index (κ1) is 13.9. The third-order valence-corrected chi connectivity index (χ3v) is 4.11. The van der Waals surface area contributed by atoms with E-state index in [0.29, 0.717) is 15.9 Å². The van der Waals surface area contributed by atoms with Gasteiger partial charge in [-0.25, -0.2) is 14.9 Å². The molecule has 0 unspecified atom stereocenters. The molecule has 0 aliphatic heterocycles. The van der Waals surface area contributed by atoms with Gasteiger partial charge in [-0.3, -0.25) is 4.57 Å². The van der Waals surface area contributed by atoms with E-state index in [0.717, 1.165) is 5.65 Å². The highest BCUT2D eigenvalue weighted by Crippen LogP contribution is 2.29. The van der Waals surface area contributed by atoms with Crippen molar-refractivity contribution >= 4 is 17.4 Å². The van der Waals surface area contributed by atoms with Crippen LogP contribution in [0.3, 0.4) is 0 Å². The van der Waals surface area contributed by atoms with Crippen LogP contribution in [0.4, 0.5) is 0 Å². The first-order valence-corrected chi connectivity index (χ1v) is 7.35. The molecule has 0 bridgehead atoms. The Labute approximate surface area is 124 Å². The van der Waals surface area contributed by atoms with E-state index in [4.69, 9.17) is 0 Å². The highest BCUT2D eigenvalue weighted by atomic mass is 32.2. The molecule has 0 saturated heterocycles. The maximum atomic E-state index is 11.8. The van der Waals surface area contributed by atoms with Gasteiger partial charge in [0.1, 0.15) is 10.7 Å². The number of pyridine rings is 1. The fraction of sp³-hybridized carbons (Fsp3) is 0.308. The average molecular weight is 305 g/mol. The van der Waals surface area contributed by atoms with Crippen LogP contribution in [0.1, 0.15) is 25.6 Å². The number of hydrogen-bond acceptors (Lipinski definition) is 5. The van der Waals surface area contributed by atoms with Gasteiger partial charge in [0.15, 0.2) is 5.16 Å². The number of aliphatic hydroxyl groups excluding tert-OH is 1. The number of aliphatic hydroxyl groups is 1. The van der Waals surface area contributed by atoms with Crippen LogP contribution in [-0.4, -0.2) is 29.3 Å². The number of aromatic nitrogens is 5. The van der Waals surface area contributed by atoms with Crippen molar-refractivity contribution in [2.75, 3.05) is 0 Å². The minimum Gasteiger partial charge on any atom is -0.390 e. The molecule has 0 saturated carbocycles. The topological polar surface area (TPSA) is 88.2 Å². The van der Waals surface area contributed by atoms with Crippen LogP contribution in [0, 0.1) is 0 Å². The third kappa shape index (κ3) is 2.36. The van der Waals surface area contributed by atoms with Crippen molar-refractivity contribution < 1.29 is 5.11 Å². The van der Waals surface area contributed by atoms with Gasteiger partial charge in [0.25, 0.3) is 0 Å². The monoisotopic (exact) mass is 305 g/mol. The van der Waals surface area contributed by atoms with Gasteiger partial charge in [-0.05, 0) is 37.7 Å². The Balaban J connectivity index is 2.08. The lowest BCUT2D eigenvalue weighted by Crippen LogP contribution is -2.19. The summed E-state index contributed by atoms with van der Waals surface area (Å²) >= 11 is 1.27. The van der Waals surface area contributed by atoms with Gasteiger partial charge in [0.2, 0.25) is 0 Å². The quantitative estimate of drug-likeness (QED) is 0.761. The molecular weight excluding hydrogens is 290 g/mol. The summed E-state index contributed by atoms with van der Waals surface area (Å²) in [6.07, 6.45) is 1.85. The maximum Gasteiger partial charge on any atom is 0.344 e. The minimum absolute atomic E-state index is 0.00615. The molecular formula is C13H15N5O2S. The van der Waals surface area contributed by atoms with Crippen molar-refractivity contribution in [3.8, 4) is 0 Å². The number of fused-ring (bicyclic) bond motifs is 1. The zero-order valence-corrected chi connectivity index (χ0v) is 12.5. The van der Waals surface area contributed by atoms with E-state index in [1.807, 2.05) is 42.6 Å². The van der Waals surface area contributed by atoms with Crippen molar-refractivity contribution in [2.24, 2.45) is 0 Å². The molecule has 3 rings (SSSR count). The Morgan fingerprint density at radius 3 is 2.95 bits per heavy atom. The molecule has 3 heterocycles. The highest BCUT2D eigenvalue weighted by molar-refractivity contribution is 7.99. The number of imidazole rings is 1. The predicted octanol–water partition coefficient (Wildman–Crippen LogP) is 1.44. The predicted molar refractivity (Wildman–Crippen MR) is 78.5 cm³/mol. The summed E-state index contributed by atoms with van der Waals surface area (Å²) in [6.45, 7) is 3.69. The fourth-order valence-electron chi connectivity index (χ4n) is 2.15. The summed E-state index contributed by atoms with van der Waals surface area (Å²) in [5.41, 5.74) is 1.18. The lowest BCUT2D eigenvalue weighted by Gasteiger charge is -2.07. The molecule has 2 N–H and O–H groups in total. The Bertz CT molecular complexity index is 833. The lowest BCUT2D eigenvalue weighted by atomic mass is 10.4. The largest absolute Gasteiger partial charge is 0.390 e. The molecule has 3 aromatic heterocycles. The lowest BCUT2D eigenvalue weighted by molar-refractivity contribution is 0.272. The second kappa shape index (κ2) is 5.38. The van der Waals surface area contributed by atoms with E-state index in [-0.39, 0.29) is 18.3 Å². The number of aromatic amines is 1. The Morgan fingerprint density at radius 1 is 1.43 bits per heavy atom. The zero-order valence-electron chi connectivity index (χ0n) is 11.6. The van der Waals surface area contributed by atoms with Crippen LogP contribution in [0.5, 0.6) is 0 Å². The Hall–Kier alpha value is -2.06. The van der Waals surface area contributed by atoms with Crippen LogP contribution in [-0.2, 0) is 6.61 Å². The van der Waals surface area contributed by atoms with Gasteiger partial charge in [-0.1, -0.05) is 6.07 Å². The maximum absolute atomic E-state index is 11.8. The summed E-state index contributed by atoms with van der Waals surface area (Å²) in [4.78, 5) is 16.2. The van der Waals surface area contributed by atoms with Crippen molar-refractivity contribution in [3.63, 3.8) is 0 Å². The molecule has 3 aromatic rings. The van der Waals surface area contributed by atoms with Crippen molar-refractivity contribution in [1.82, 2.24) is 24.1 Å². The van der Waals surface area contributed by atoms with Gasteiger partial charge in [-0.2, -0.15) is 0 Å². The first-order chi connectivity index (χ1) is 10.1. The van der Waals surface area contributed by atoms with E-state index >= 15 is 0 Å². The molecule has 0 spiro atoms.